The van der Waals surface area contributed by atoms with Gasteiger partial charge in [-0.2, -0.15) is 11.8 Å². The van der Waals surface area contributed by atoms with Gasteiger partial charge in [-0.05, 0) is 37.7 Å². The highest BCUT2D eigenvalue weighted by Crippen LogP contribution is 2.35. The third-order valence-corrected chi connectivity index (χ3v) is 5.25. The summed E-state index contributed by atoms with van der Waals surface area (Å²) >= 11 is 1.93. The number of carbonyl (C=O) groups is 1. The summed E-state index contributed by atoms with van der Waals surface area (Å²) in [6.07, 6.45) is 8.79. The molecule has 1 saturated carbocycles. The van der Waals surface area contributed by atoms with Crippen molar-refractivity contribution in [3.8, 4) is 0 Å². The lowest BCUT2D eigenvalue weighted by atomic mass is 9.94. The number of hydrogen-bond acceptors (Lipinski definition) is 3. The molecule has 0 amide bonds. The van der Waals surface area contributed by atoms with Gasteiger partial charge in [0.1, 0.15) is 5.52 Å². The van der Waals surface area contributed by atoms with Gasteiger partial charge in [0, 0.05) is 11.3 Å². The Bertz CT molecular complexity index is 638. The SMILES string of the molecule is CSC1CCCC(n2cnc3c(C(=O)O)cccc32)C1. The Hall–Kier alpha value is -1.49. The first kappa shape index (κ1) is 13.5. The third-order valence-electron chi connectivity index (χ3n) is 4.16. The molecule has 0 aliphatic heterocycles. The highest BCUT2D eigenvalue weighted by molar-refractivity contribution is 7.99. The van der Waals surface area contributed by atoms with Crippen LogP contribution in [0, 0.1) is 0 Å². The molecule has 5 heteroatoms. The number of imidazole rings is 1. The van der Waals surface area contributed by atoms with Gasteiger partial charge in [0.2, 0.25) is 0 Å². The number of aromatic carboxylic acids is 1. The number of benzene rings is 1. The van der Waals surface area contributed by atoms with Crippen molar-refractivity contribution in [3.05, 3.63) is 30.1 Å². The van der Waals surface area contributed by atoms with E-state index in [0.717, 1.165) is 18.4 Å². The van der Waals surface area contributed by atoms with Gasteiger partial charge < -0.3 is 9.67 Å². The monoisotopic (exact) mass is 290 g/mol. The Kier molecular flexibility index (Phi) is 3.70. The number of thioether (sulfide) groups is 1. The second kappa shape index (κ2) is 5.48. The molecule has 1 N–H and O–H groups in total. The first-order valence-corrected chi connectivity index (χ1v) is 8.21. The van der Waals surface area contributed by atoms with E-state index in [4.69, 9.17) is 0 Å². The van der Waals surface area contributed by atoms with Crippen molar-refractivity contribution in [2.24, 2.45) is 0 Å². The summed E-state index contributed by atoms with van der Waals surface area (Å²) in [5.41, 5.74) is 1.83. The average Bonchev–Trinajstić information content (AvgIpc) is 2.91. The van der Waals surface area contributed by atoms with Crippen LogP contribution in [0.1, 0.15) is 42.1 Å². The molecule has 3 rings (SSSR count). The van der Waals surface area contributed by atoms with E-state index in [1.54, 1.807) is 12.1 Å². The van der Waals surface area contributed by atoms with Crippen molar-refractivity contribution < 1.29 is 9.90 Å². The lowest BCUT2D eigenvalue weighted by Crippen LogP contribution is -2.20. The zero-order valence-electron chi connectivity index (χ0n) is 11.5. The van der Waals surface area contributed by atoms with Crippen LogP contribution >= 0.6 is 11.8 Å². The molecule has 106 valence electrons. The van der Waals surface area contributed by atoms with Gasteiger partial charge in [-0.15, -0.1) is 0 Å². The van der Waals surface area contributed by atoms with E-state index >= 15 is 0 Å². The molecule has 2 atom stereocenters. The van der Waals surface area contributed by atoms with E-state index in [0.29, 0.717) is 22.4 Å². The number of carboxylic acids is 1. The first-order chi connectivity index (χ1) is 9.70. The standard InChI is InChI=1S/C15H18N2O2S/c1-20-11-5-2-4-10(8-11)17-9-16-14-12(15(18)19)6-3-7-13(14)17/h3,6-7,9-11H,2,4-5,8H2,1H3,(H,18,19). The van der Waals surface area contributed by atoms with Crippen molar-refractivity contribution in [1.29, 1.82) is 0 Å². The van der Waals surface area contributed by atoms with Gasteiger partial charge in [0.25, 0.3) is 0 Å². The molecule has 0 bridgehead atoms. The van der Waals surface area contributed by atoms with Crippen molar-refractivity contribution in [1.82, 2.24) is 9.55 Å². The van der Waals surface area contributed by atoms with Gasteiger partial charge >= 0.3 is 5.97 Å². The molecule has 0 spiro atoms. The fraction of sp³-hybridized carbons (Fsp3) is 0.467. The Morgan fingerprint density at radius 2 is 2.30 bits per heavy atom. The van der Waals surface area contributed by atoms with Gasteiger partial charge in [-0.1, -0.05) is 12.5 Å². The molecule has 2 aromatic rings. The minimum Gasteiger partial charge on any atom is -0.478 e. The van der Waals surface area contributed by atoms with E-state index in [2.05, 4.69) is 15.8 Å². The van der Waals surface area contributed by atoms with Crippen LogP contribution in [0.15, 0.2) is 24.5 Å². The number of para-hydroxylation sites is 1. The van der Waals surface area contributed by atoms with Gasteiger partial charge in [-0.3, -0.25) is 0 Å². The number of aromatic nitrogens is 2. The Morgan fingerprint density at radius 3 is 3.05 bits per heavy atom. The number of hydrogen-bond donors (Lipinski definition) is 1. The number of rotatable bonds is 3. The molecule has 20 heavy (non-hydrogen) atoms. The summed E-state index contributed by atoms with van der Waals surface area (Å²) in [5.74, 6) is -0.911. The number of carboxylic acid groups (broad SMARTS) is 1. The Morgan fingerprint density at radius 1 is 1.45 bits per heavy atom. The zero-order chi connectivity index (χ0) is 14.1. The smallest absolute Gasteiger partial charge is 0.337 e. The van der Waals surface area contributed by atoms with E-state index < -0.39 is 5.97 Å². The molecule has 2 unspecified atom stereocenters. The van der Waals surface area contributed by atoms with Crippen molar-refractivity contribution in [2.75, 3.05) is 6.26 Å². The lowest BCUT2D eigenvalue weighted by molar-refractivity contribution is 0.0699. The summed E-state index contributed by atoms with van der Waals surface area (Å²) in [5, 5.41) is 9.93. The fourth-order valence-corrected chi connectivity index (χ4v) is 3.93. The van der Waals surface area contributed by atoms with Gasteiger partial charge in [0.05, 0.1) is 17.4 Å². The summed E-state index contributed by atoms with van der Waals surface area (Å²) in [6.45, 7) is 0. The molecule has 1 fully saturated rings. The number of nitrogens with zero attached hydrogens (tertiary/aromatic N) is 2. The maximum absolute atomic E-state index is 11.2. The second-order valence-electron chi connectivity index (χ2n) is 5.31. The summed E-state index contributed by atoms with van der Waals surface area (Å²) < 4.78 is 2.17. The minimum atomic E-state index is -0.911. The molecule has 1 heterocycles. The molecule has 1 aromatic carbocycles. The molecule has 0 saturated heterocycles. The van der Waals surface area contributed by atoms with Gasteiger partial charge in [0.15, 0.2) is 0 Å². The van der Waals surface area contributed by atoms with Crippen LogP contribution < -0.4 is 0 Å². The van der Waals surface area contributed by atoms with Crippen molar-refractivity contribution in [2.45, 2.75) is 37.0 Å². The lowest BCUT2D eigenvalue weighted by Gasteiger charge is -2.29. The normalized spacial score (nSPS) is 23.1. The molecular weight excluding hydrogens is 272 g/mol. The van der Waals surface area contributed by atoms with Crippen LogP contribution in [-0.2, 0) is 0 Å². The molecule has 0 radical (unpaired) electrons. The van der Waals surface area contributed by atoms with Crippen LogP contribution in [0.4, 0.5) is 0 Å². The van der Waals surface area contributed by atoms with Gasteiger partial charge in [-0.25, -0.2) is 9.78 Å². The predicted molar refractivity (Wildman–Crippen MR) is 81.5 cm³/mol. The minimum absolute atomic E-state index is 0.290. The third kappa shape index (κ3) is 2.30. The molecule has 1 aromatic heterocycles. The summed E-state index contributed by atoms with van der Waals surface area (Å²) in [6, 6.07) is 5.83. The largest absolute Gasteiger partial charge is 0.478 e. The van der Waals surface area contributed by atoms with Crippen LogP contribution in [0.2, 0.25) is 0 Å². The van der Waals surface area contributed by atoms with Crippen LogP contribution in [0.5, 0.6) is 0 Å². The quantitative estimate of drug-likeness (QED) is 0.938. The highest BCUT2D eigenvalue weighted by atomic mass is 32.2. The summed E-state index contributed by atoms with van der Waals surface area (Å²) in [7, 11) is 0. The van der Waals surface area contributed by atoms with Crippen LogP contribution in [-0.4, -0.2) is 32.1 Å². The Balaban J connectivity index is 2.00. The van der Waals surface area contributed by atoms with E-state index in [1.807, 2.05) is 24.2 Å². The molecule has 4 nitrogen and oxygen atoms in total. The Labute approximate surface area is 122 Å². The van der Waals surface area contributed by atoms with Crippen molar-refractivity contribution >= 4 is 28.8 Å². The summed E-state index contributed by atoms with van der Waals surface area (Å²) in [4.78, 5) is 15.6. The first-order valence-electron chi connectivity index (χ1n) is 6.92. The fourth-order valence-electron chi connectivity index (χ4n) is 3.11. The van der Waals surface area contributed by atoms with Crippen molar-refractivity contribution in [3.63, 3.8) is 0 Å². The predicted octanol–water partition coefficient (Wildman–Crippen LogP) is 3.58. The second-order valence-corrected chi connectivity index (χ2v) is 6.45. The topological polar surface area (TPSA) is 55.1 Å². The van der Waals surface area contributed by atoms with E-state index in [-0.39, 0.29) is 0 Å². The number of fused-ring (bicyclic) bond motifs is 1. The molecule has 1 aliphatic rings. The van der Waals surface area contributed by atoms with Crippen LogP contribution in [0.3, 0.4) is 0 Å². The van der Waals surface area contributed by atoms with E-state index in [9.17, 15) is 9.90 Å². The zero-order valence-corrected chi connectivity index (χ0v) is 12.3. The average molecular weight is 290 g/mol. The van der Waals surface area contributed by atoms with Crippen LogP contribution in [0.25, 0.3) is 11.0 Å². The molecule has 1 aliphatic carbocycles. The molecular formula is C15H18N2O2S. The highest BCUT2D eigenvalue weighted by Gasteiger charge is 2.24. The maximum Gasteiger partial charge on any atom is 0.337 e. The van der Waals surface area contributed by atoms with E-state index in [1.165, 1.54) is 12.8 Å². The maximum atomic E-state index is 11.2.